The van der Waals surface area contributed by atoms with Gasteiger partial charge in [-0.1, -0.05) is 0 Å². The van der Waals surface area contributed by atoms with Crippen LogP contribution in [0.2, 0.25) is 0 Å². The van der Waals surface area contributed by atoms with Crippen LogP contribution in [-0.2, 0) is 9.53 Å². The Labute approximate surface area is 103 Å². The Morgan fingerprint density at radius 2 is 2.39 bits per heavy atom. The number of rotatable bonds is 4. The fourth-order valence-corrected chi connectivity index (χ4v) is 1.21. The summed E-state index contributed by atoms with van der Waals surface area (Å²) in [5.41, 5.74) is 3.52. The first kappa shape index (κ1) is 12.0. The Morgan fingerprint density at radius 3 is 3.17 bits per heavy atom. The van der Waals surface area contributed by atoms with Crippen LogP contribution in [0.1, 0.15) is 13.8 Å². The lowest BCUT2D eigenvalue weighted by atomic mass is 10.4. The summed E-state index contributed by atoms with van der Waals surface area (Å²) in [6.45, 7) is 3.61. The molecular formula is C10H12N6O2. The first-order chi connectivity index (χ1) is 8.70. The zero-order chi connectivity index (χ0) is 13.0. The van der Waals surface area contributed by atoms with Crippen molar-refractivity contribution >= 4 is 23.1 Å². The van der Waals surface area contributed by atoms with Gasteiger partial charge in [-0.05, 0) is 26.0 Å². The quantitative estimate of drug-likeness (QED) is 0.480. The molecule has 0 saturated heterocycles. The van der Waals surface area contributed by atoms with Crippen LogP contribution in [0.5, 0.6) is 0 Å². The Hall–Kier alpha value is -2.51. The number of anilines is 1. The van der Waals surface area contributed by atoms with E-state index in [-0.39, 0.29) is 5.71 Å². The number of nitrogens with zero attached hydrogens (tertiary/aromatic N) is 5. The van der Waals surface area contributed by atoms with Gasteiger partial charge < -0.3 is 4.74 Å². The summed E-state index contributed by atoms with van der Waals surface area (Å²) in [5.74, 6) is 0.0151. The summed E-state index contributed by atoms with van der Waals surface area (Å²) in [7, 11) is 0. The molecule has 0 aromatic carbocycles. The van der Waals surface area contributed by atoms with Crippen molar-refractivity contribution in [3.05, 3.63) is 18.5 Å². The van der Waals surface area contributed by atoms with E-state index in [0.717, 1.165) is 0 Å². The highest BCUT2D eigenvalue weighted by Gasteiger charge is 2.06. The monoisotopic (exact) mass is 248 g/mol. The molecule has 0 spiro atoms. The molecule has 18 heavy (non-hydrogen) atoms. The van der Waals surface area contributed by atoms with E-state index in [9.17, 15) is 4.79 Å². The number of carbonyl (C=O) groups excluding carboxylic acids is 1. The van der Waals surface area contributed by atoms with Crippen LogP contribution in [0.25, 0.3) is 5.65 Å². The van der Waals surface area contributed by atoms with Gasteiger partial charge in [-0.15, -0.1) is 15.3 Å². The highest BCUT2D eigenvalue weighted by atomic mass is 16.5. The minimum absolute atomic E-state index is 0.225. The van der Waals surface area contributed by atoms with E-state index < -0.39 is 5.97 Å². The molecule has 0 radical (unpaired) electrons. The Bertz CT molecular complexity index is 591. The highest BCUT2D eigenvalue weighted by molar-refractivity contribution is 6.35. The van der Waals surface area contributed by atoms with Crippen LogP contribution in [0.3, 0.4) is 0 Å². The second-order valence-electron chi connectivity index (χ2n) is 3.38. The van der Waals surface area contributed by atoms with Gasteiger partial charge in [-0.3, -0.25) is 5.43 Å². The van der Waals surface area contributed by atoms with E-state index in [0.29, 0.717) is 18.1 Å². The van der Waals surface area contributed by atoms with Gasteiger partial charge >= 0.3 is 5.97 Å². The fraction of sp³-hybridized carbons (Fsp3) is 0.300. The van der Waals surface area contributed by atoms with Crippen LogP contribution < -0.4 is 5.43 Å². The lowest BCUT2D eigenvalue weighted by Gasteiger charge is -2.02. The number of hydrogen-bond donors (Lipinski definition) is 1. The molecular weight excluding hydrogens is 236 g/mol. The molecule has 0 aliphatic carbocycles. The fourth-order valence-electron chi connectivity index (χ4n) is 1.21. The zero-order valence-corrected chi connectivity index (χ0v) is 9.99. The van der Waals surface area contributed by atoms with E-state index in [1.807, 2.05) is 0 Å². The standard InChI is InChI=1S/C10H12N6O2/c1-3-18-10(17)7(2)12-13-8-4-5-9-14-11-6-16(9)15-8/h4-6H,3H2,1-2H3,(H,13,15)/b12-7-. The number of ether oxygens (including phenoxy) is 1. The number of fused-ring (bicyclic) bond motifs is 1. The Balaban J connectivity index is 2.09. The van der Waals surface area contributed by atoms with Crippen molar-refractivity contribution in [3.8, 4) is 0 Å². The number of nitrogens with one attached hydrogen (secondary N) is 1. The van der Waals surface area contributed by atoms with Crippen molar-refractivity contribution in [1.82, 2.24) is 19.8 Å². The Kier molecular flexibility index (Phi) is 3.46. The number of aromatic nitrogens is 4. The molecule has 2 rings (SSSR count). The predicted molar refractivity (Wildman–Crippen MR) is 64.1 cm³/mol. The van der Waals surface area contributed by atoms with Crippen molar-refractivity contribution in [2.75, 3.05) is 12.0 Å². The van der Waals surface area contributed by atoms with E-state index >= 15 is 0 Å². The van der Waals surface area contributed by atoms with Crippen molar-refractivity contribution in [2.24, 2.45) is 5.10 Å². The van der Waals surface area contributed by atoms with E-state index in [4.69, 9.17) is 4.74 Å². The summed E-state index contributed by atoms with van der Waals surface area (Å²) in [5, 5.41) is 15.5. The average Bonchev–Trinajstić information content (AvgIpc) is 2.83. The summed E-state index contributed by atoms with van der Waals surface area (Å²) < 4.78 is 6.29. The molecule has 0 saturated carbocycles. The molecule has 0 fully saturated rings. The smallest absolute Gasteiger partial charge is 0.354 e. The molecule has 0 amide bonds. The van der Waals surface area contributed by atoms with Gasteiger partial charge in [0.15, 0.2) is 11.5 Å². The van der Waals surface area contributed by atoms with Crippen molar-refractivity contribution in [2.45, 2.75) is 13.8 Å². The molecule has 0 atom stereocenters. The molecule has 0 aliphatic heterocycles. The van der Waals surface area contributed by atoms with Crippen molar-refractivity contribution < 1.29 is 9.53 Å². The Morgan fingerprint density at radius 1 is 1.56 bits per heavy atom. The third kappa shape index (κ3) is 2.59. The van der Waals surface area contributed by atoms with Gasteiger partial charge in [0.25, 0.3) is 0 Å². The van der Waals surface area contributed by atoms with Crippen LogP contribution in [0.15, 0.2) is 23.6 Å². The van der Waals surface area contributed by atoms with Crippen LogP contribution in [-0.4, -0.2) is 38.1 Å². The van der Waals surface area contributed by atoms with E-state index in [2.05, 4.69) is 25.8 Å². The molecule has 0 aliphatic rings. The topological polar surface area (TPSA) is 93.8 Å². The molecule has 2 heterocycles. The van der Waals surface area contributed by atoms with Crippen LogP contribution in [0, 0.1) is 0 Å². The van der Waals surface area contributed by atoms with Crippen molar-refractivity contribution in [1.29, 1.82) is 0 Å². The third-order valence-electron chi connectivity index (χ3n) is 2.07. The number of hydrogen-bond acceptors (Lipinski definition) is 7. The number of carbonyl (C=O) groups is 1. The van der Waals surface area contributed by atoms with Crippen molar-refractivity contribution in [3.63, 3.8) is 0 Å². The second kappa shape index (κ2) is 5.21. The SMILES string of the molecule is CCOC(=O)/C(C)=N\Nc1ccc2nncn2n1. The minimum Gasteiger partial charge on any atom is -0.461 e. The summed E-state index contributed by atoms with van der Waals surface area (Å²) in [6.07, 6.45) is 1.47. The molecule has 94 valence electrons. The summed E-state index contributed by atoms with van der Waals surface area (Å²) >= 11 is 0. The maximum atomic E-state index is 11.3. The van der Waals surface area contributed by atoms with Gasteiger partial charge in [0.05, 0.1) is 6.61 Å². The second-order valence-corrected chi connectivity index (χ2v) is 3.38. The van der Waals surface area contributed by atoms with Gasteiger partial charge in [-0.2, -0.15) is 9.62 Å². The first-order valence-electron chi connectivity index (χ1n) is 5.35. The van der Waals surface area contributed by atoms with Crippen LogP contribution >= 0.6 is 0 Å². The van der Waals surface area contributed by atoms with E-state index in [1.54, 1.807) is 26.0 Å². The van der Waals surface area contributed by atoms with Gasteiger partial charge in [0.1, 0.15) is 12.0 Å². The van der Waals surface area contributed by atoms with Crippen LogP contribution in [0.4, 0.5) is 5.82 Å². The maximum absolute atomic E-state index is 11.3. The van der Waals surface area contributed by atoms with Gasteiger partial charge in [0, 0.05) is 0 Å². The highest BCUT2D eigenvalue weighted by Crippen LogP contribution is 2.04. The number of hydrazone groups is 1. The third-order valence-corrected chi connectivity index (χ3v) is 2.07. The minimum atomic E-state index is -0.463. The lowest BCUT2D eigenvalue weighted by molar-refractivity contribution is -0.135. The summed E-state index contributed by atoms with van der Waals surface area (Å²) in [4.78, 5) is 11.3. The largest absolute Gasteiger partial charge is 0.461 e. The zero-order valence-electron chi connectivity index (χ0n) is 9.99. The van der Waals surface area contributed by atoms with E-state index in [1.165, 1.54) is 10.8 Å². The molecule has 8 nitrogen and oxygen atoms in total. The summed E-state index contributed by atoms with van der Waals surface area (Å²) in [6, 6.07) is 3.42. The van der Waals surface area contributed by atoms with Gasteiger partial charge in [-0.25, -0.2) is 4.79 Å². The average molecular weight is 248 g/mol. The van der Waals surface area contributed by atoms with Gasteiger partial charge in [0.2, 0.25) is 0 Å². The normalized spacial score (nSPS) is 11.6. The maximum Gasteiger partial charge on any atom is 0.354 e. The molecule has 0 bridgehead atoms. The first-order valence-corrected chi connectivity index (χ1v) is 5.35. The molecule has 1 N–H and O–H groups in total. The predicted octanol–water partition coefficient (Wildman–Crippen LogP) is 0.475. The number of esters is 1. The lowest BCUT2D eigenvalue weighted by Crippen LogP contribution is -2.15. The molecule has 0 unspecified atom stereocenters. The molecule has 8 heteroatoms. The molecule has 2 aromatic rings. The molecule has 2 aromatic heterocycles.